The Kier molecular flexibility index (Phi) is 5.90. The minimum Gasteiger partial charge on any atom is -0.493 e. The summed E-state index contributed by atoms with van der Waals surface area (Å²) in [7, 11) is 1.35. The van der Waals surface area contributed by atoms with Crippen LogP contribution in [0.15, 0.2) is 29.8 Å². The first-order chi connectivity index (χ1) is 13.3. The summed E-state index contributed by atoms with van der Waals surface area (Å²) in [6.45, 7) is 4.15. The van der Waals surface area contributed by atoms with Crippen LogP contribution in [0.4, 0.5) is 0 Å². The number of methoxy groups -OCH3 is 3. The molecule has 10 heteroatoms. The van der Waals surface area contributed by atoms with Crippen LogP contribution in [0.5, 0.6) is 17.2 Å². The third kappa shape index (κ3) is 3.83. The van der Waals surface area contributed by atoms with Crippen molar-refractivity contribution >= 4 is 32.7 Å². The number of hydrogen-bond acceptors (Lipinski definition) is 7. The molecular formula is C18H22N2O6S2. The van der Waals surface area contributed by atoms with Crippen LogP contribution in [0.1, 0.15) is 10.4 Å². The predicted molar refractivity (Wildman–Crippen MR) is 109 cm³/mol. The van der Waals surface area contributed by atoms with E-state index in [0.717, 1.165) is 0 Å². The Labute approximate surface area is 168 Å². The van der Waals surface area contributed by atoms with E-state index in [2.05, 4.69) is 11.6 Å². The summed E-state index contributed by atoms with van der Waals surface area (Å²) in [4.78, 5) is 18.9. The molecule has 28 heavy (non-hydrogen) atoms. The summed E-state index contributed by atoms with van der Waals surface area (Å²) in [5, 5.41) is 0.375. The molecule has 2 saturated heterocycles. The molecule has 0 radical (unpaired) electrons. The molecule has 0 spiro atoms. The molecule has 0 unspecified atom stereocenters. The van der Waals surface area contributed by atoms with Gasteiger partial charge in [-0.2, -0.15) is 4.99 Å². The van der Waals surface area contributed by atoms with Gasteiger partial charge in [0.1, 0.15) is 0 Å². The minimum absolute atomic E-state index is 0.0654. The molecule has 2 aliphatic heterocycles. The maximum absolute atomic E-state index is 12.8. The van der Waals surface area contributed by atoms with Crippen LogP contribution in [0, 0.1) is 0 Å². The molecule has 0 saturated carbocycles. The van der Waals surface area contributed by atoms with Crippen molar-refractivity contribution < 1.29 is 27.4 Å². The number of carbonyl (C=O) groups excluding carboxylic acids is 1. The summed E-state index contributed by atoms with van der Waals surface area (Å²) in [5.41, 5.74) is 0.283. The molecule has 3 rings (SSSR count). The van der Waals surface area contributed by atoms with Gasteiger partial charge in [-0.05, 0) is 12.1 Å². The van der Waals surface area contributed by atoms with Crippen LogP contribution < -0.4 is 14.2 Å². The van der Waals surface area contributed by atoms with Crippen molar-refractivity contribution in [2.45, 2.75) is 11.3 Å². The average Bonchev–Trinajstić information content (AvgIpc) is 3.12. The van der Waals surface area contributed by atoms with Crippen molar-refractivity contribution in [3.05, 3.63) is 30.4 Å². The molecule has 0 aromatic heterocycles. The van der Waals surface area contributed by atoms with Crippen molar-refractivity contribution in [1.29, 1.82) is 0 Å². The first-order valence-corrected chi connectivity index (χ1v) is 11.2. The SMILES string of the molecule is C=CCN1C(=NC(=O)c2cc(OC)c(OC)c(OC)c2)S[C@@H]2CS(=O)(=O)C[C@@H]21. The second-order valence-corrected chi connectivity index (χ2v) is 9.72. The number of amides is 1. The molecule has 152 valence electrons. The maximum Gasteiger partial charge on any atom is 0.279 e. The monoisotopic (exact) mass is 426 g/mol. The van der Waals surface area contributed by atoms with Gasteiger partial charge in [0.25, 0.3) is 5.91 Å². The number of aliphatic imine (C=N–C) groups is 1. The first-order valence-electron chi connectivity index (χ1n) is 8.51. The largest absolute Gasteiger partial charge is 0.493 e. The van der Waals surface area contributed by atoms with E-state index in [-0.39, 0.29) is 28.4 Å². The third-order valence-electron chi connectivity index (χ3n) is 4.61. The van der Waals surface area contributed by atoms with Crippen molar-refractivity contribution in [3.8, 4) is 17.2 Å². The summed E-state index contributed by atoms with van der Waals surface area (Å²) in [6, 6.07) is 2.88. The Morgan fingerprint density at radius 3 is 2.43 bits per heavy atom. The lowest BCUT2D eigenvalue weighted by Gasteiger charge is -2.22. The standard InChI is InChI=1S/C18H22N2O6S2/c1-5-6-20-12-9-28(22,23)10-15(12)27-18(20)19-17(21)11-7-13(24-2)16(26-4)14(8-11)25-3/h5,7-8,12,15H,1,6,9-10H2,2-4H3/t12-,15+/m0/s1. The average molecular weight is 427 g/mol. The van der Waals surface area contributed by atoms with Crippen LogP contribution >= 0.6 is 11.8 Å². The quantitative estimate of drug-likeness (QED) is 0.633. The zero-order valence-corrected chi connectivity index (χ0v) is 17.5. The Morgan fingerprint density at radius 1 is 1.25 bits per heavy atom. The van der Waals surface area contributed by atoms with E-state index >= 15 is 0 Å². The van der Waals surface area contributed by atoms with Gasteiger partial charge in [-0.25, -0.2) is 8.42 Å². The van der Waals surface area contributed by atoms with Crippen molar-refractivity contribution in [2.24, 2.45) is 4.99 Å². The fraction of sp³-hybridized carbons (Fsp3) is 0.444. The van der Waals surface area contributed by atoms with Gasteiger partial charge in [0.2, 0.25) is 5.75 Å². The normalized spacial score (nSPS) is 24.1. The van der Waals surface area contributed by atoms with Crippen molar-refractivity contribution in [3.63, 3.8) is 0 Å². The predicted octanol–water partition coefficient (Wildman–Crippen LogP) is 1.61. The lowest BCUT2D eigenvalue weighted by atomic mass is 10.1. The van der Waals surface area contributed by atoms with Crippen LogP contribution in [0.3, 0.4) is 0 Å². The molecular weight excluding hydrogens is 404 g/mol. The van der Waals surface area contributed by atoms with E-state index in [1.807, 2.05) is 4.90 Å². The summed E-state index contributed by atoms with van der Waals surface area (Å²) in [6.07, 6.45) is 1.67. The van der Waals surface area contributed by atoms with Crippen LogP contribution in [-0.2, 0) is 9.84 Å². The molecule has 2 aliphatic rings. The van der Waals surface area contributed by atoms with E-state index < -0.39 is 15.7 Å². The first kappa shape index (κ1) is 20.5. The summed E-state index contributed by atoms with van der Waals surface area (Å²) >= 11 is 1.32. The van der Waals surface area contributed by atoms with Crippen LogP contribution in [-0.4, -0.2) is 75.1 Å². The van der Waals surface area contributed by atoms with Crippen LogP contribution in [0.2, 0.25) is 0 Å². The Hall–Kier alpha value is -2.20. The van der Waals surface area contributed by atoms with E-state index in [4.69, 9.17) is 14.2 Å². The Morgan fingerprint density at radius 2 is 1.89 bits per heavy atom. The highest BCUT2D eigenvalue weighted by Gasteiger charge is 2.48. The van der Waals surface area contributed by atoms with E-state index in [0.29, 0.717) is 29.0 Å². The number of benzene rings is 1. The van der Waals surface area contributed by atoms with Gasteiger partial charge in [-0.3, -0.25) is 4.79 Å². The molecule has 1 amide bonds. The minimum atomic E-state index is -3.07. The lowest BCUT2D eigenvalue weighted by Crippen LogP contribution is -2.37. The molecule has 0 N–H and O–H groups in total. The molecule has 0 bridgehead atoms. The summed E-state index contributed by atoms with van der Waals surface area (Å²) in [5.74, 6) is 0.783. The van der Waals surface area contributed by atoms with Gasteiger partial charge < -0.3 is 19.1 Å². The van der Waals surface area contributed by atoms with Crippen molar-refractivity contribution in [2.75, 3.05) is 39.4 Å². The number of carbonyl (C=O) groups is 1. The summed E-state index contributed by atoms with van der Waals surface area (Å²) < 4.78 is 39.7. The highest BCUT2D eigenvalue weighted by atomic mass is 32.2. The van der Waals surface area contributed by atoms with Gasteiger partial charge in [-0.1, -0.05) is 17.8 Å². The zero-order chi connectivity index (χ0) is 20.5. The van der Waals surface area contributed by atoms with E-state index in [1.165, 1.54) is 45.2 Å². The van der Waals surface area contributed by atoms with Crippen molar-refractivity contribution in [1.82, 2.24) is 4.90 Å². The number of sulfone groups is 1. The second kappa shape index (κ2) is 8.04. The number of hydrogen-bond donors (Lipinski definition) is 0. The number of ether oxygens (including phenoxy) is 3. The van der Waals surface area contributed by atoms with Gasteiger partial charge in [0.15, 0.2) is 26.5 Å². The highest BCUT2D eigenvalue weighted by molar-refractivity contribution is 8.15. The van der Waals surface area contributed by atoms with E-state index in [9.17, 15) is 13.2 Å². The molecule has 2 atom stereocenters. The Balaban J connectivity index is 1.93. The van der Waals surface area contributed by atoms with Gasteiger partial charge in [0, 0.05) is 17.4 Å². The highest BCUT2D eigenvalue weighted by Crippen LogP contribution is 2.40. The number of thioether (sulfide) groups is 1. The van der Waals surface area contributed by atoms with E-state index in [1.54, 1.807) is 6.08 Å². The number of rotatable bonds is 6. The third-order valence-corrected chi connectivity index (χ3v) is 7.86. The van der Waals surface area contributed by atoms with Gasteiger partial charge in [-0.15, -0.1) is 6.58 Å². The van der Waals surface area contributed by atoms with Gasteiger partial charge >= 0.3 is 0 Å². The van der Waals surface area contributed by atoms with Crippen LogP contribution in [0.25, 0.3) is 0 Å². The smallest absolute Gasteiger partial charge is 0.279 e. The molecule has 0 aliphatic carbocycles. The molecule has 1 aromatic carbocycles. The number of nitrogens with zero attached hydrogens (tertiary/aromatic N) is 2. The Bertz CT molecular complexity index is 903. The molecule has 2 fully saturated rings. The fourth-order valence-electron chi connectivity index (χ4n) is 3.34. The fourth-order valence-corrected chi connectivity index (χ4v) is 7.30. The molecule has 8 nitrogen and oxygen atoms in total. The zero-order valence-electron chi connectivity index (χ0n) is 15.9. The van der Waals surface area contributed by atoms with Gasteiger partial charge in [0.05, 0.1) is 38.9 Å². The topological polar surface area (TPSA) is 94.5 Å². The maximum atomic E-state index is 12.8. The lowest BCUT2D eigenvalue weighted by molar-refractivity contribution is 0.100. The molecule has 1 aromatic rings. The second-order valence-electron chi connectivity index (χ2n) is 6.36. The number of amidine groups is 1. The molecule has 2 heterocycles. The number of fused-ring (bicyclic) bond motifs is 1.